The minimum absolute atomic E-state index is 0.00250. The van der Waals surface area contributed by atoms with E-state index in [9.17, 15) is 4.79 Å². The van der Waals surface area contributed by atoms with Gasteiger partial charge in [0.2, 0.25) is 0 Å². The summed E-state index contributed by atoms with van der Waals surface area (Å²) in [5.74, 6) is -0.00250. The van der Waals surface area contributed by atoms with Crippen molar-refractivity contribution in [2.75, 3.05) is 0 Å². The molecule has 20 heavy (non-hydrogen) atoms. The van der Waals surface area contributed by atoms with Crippen LogP contribution in [-0.4, -0.2) is 15.8 Å². The van der Waals surface area contributed by atoms with E-state index in [1.807, 2.05) is 44.2 Å². The summed E-state index contributed by atoms with van der Waals surface area (Å²) in [6.45, 7) is 3.98. The van der Waals surface area contributed by atoms with Gasteiger partial charge in [-0.05, 0) is 37.1 Å². The maximum atomic E-state index is 12.8. The van der Waals surface area contributed by atoms with Crippen molar-refractivity contribution in [3.63, 3.8) is 0 Å². The molecule has 1 heterocycles. The lowest BCUT2D eigenvalue weighted by molar-refractivity contribution is 0.103. The molecule has 0 saturated heterocycles. The van der Waals surface area contributed by atoms with Gasteiger partial charge in [0.05, 0.1) is 16.6 Å². The highest BCUT2D eigenvalue weighted by atomic mass is 16.1. The molecule has 0 aliphatic rings. The maximum absolute atomic E-state index is 12.8. The van der Waals surface area contributed by atoms with Gasteiger partial charge < -0.3 is 0 Å². The Morgan fingerprint density at radius 1 is 0.900 bits per heavy atom. The van der Waals surface area contributed by atoms with Crippen molar-refractivity contribution < 1.29 is 4.79 Å². The molecule has 98 valence electrons. The Bertz CT molecular complexity index is 804. The first-order chi connectivity index (χ1) is 9.68. The van der Waals surface area contributed by atoms with E-state index >= 15 is 0 Å². The van der Waals surface area contributed by atoms with E-state index in [0.29, 0.717) is 11.1 Å². The van der Waals surface area contributed by atoms with Crippen LogP contribution in [-0.2, 0) is 0 Å². The molecular formula is C17H14N2O. The van der Waals surface area contributed by atoms with Crippen molar-refractivity contribution in [2.45, 2.75) is 13.8 Å². The summed E-state index contributed by atoms with van der Waals surface area (Å²) in [6, 6.07) is 11.3. The number of hydrogen-bond acceptors (Lipinski definition) is 3. The van der Waals surface area contributed by atoms with Crippen molar-refractivity contribution >= 4 is 16.8 Å². The van der Waals surface area contributed by atoms with Gasteiger partial charge in [-0.3, -0.25) is 14.8 Å². The number of benzene rings is 2. The van der Waals surface area contributed by atoms with Crippen LogP contribution < -0.4 is 0 Å². The predicted octanol–water partition coefficient (Wildman–Crippen LogP) is 3.48. The first kappa shape index (κ1) is 12.5. The molecular weight excluding hydrogens is 248 g/mol. The predicted molar refractivity (Wildman–Crippen MR) is 78.9 cm³/mol. The number of fused-ring (bicyclic) bond motifs is 1. The molecule has 0 spiro atoms. The van der Waals surface area contributed by atoms with Gasteiger partial charge in [-0.1, -0.05) is 24.3 Å². The third-order valence-corrected chi connectivity index (χ3v) is 3.59. The van der Waals surface area contributed by atoms with E-state index in [1.54, 1.807) is 18.5 Å². The molecule has 0 N–H and O–H groups in total. The molecule has 3 heteroatoms. The topological polar surface area (TPSA) is 42.9 Å². The number of carbonyl (C=O) groups is 1. The van der Waals surface area contributed by atoms with Crippen LogP contribution in [0.1, 0.15) is 27.0 Å². The second kappa shape index (κ2) is 4.85. The summed E-state index contributed by atoms with van der Waals surface area (Å²) in [5.41, 5.74) is 4.84. The van der Waals surface area contributed by atoms with Crippen LogP contribution >= 0.6 is 0 Å². The van der Waals surface area contributed by atoms with Crippen molar-refractivity contribution in [3.05, 3.63) is 71.0 Å². The molecule has 0 aliphatic heterocycles. The van der Waals surface area contributed by atoms with Crippen LogP contribution in [0.15, 0.2) is 48.8 Å². The molecule has 3 nitrogen and oxygen atoms in total. The molecule has 0 unspecified atom stereocenters. The Labute approximate surface area is 117 Å². The Morgan fingerprint density at radius 2 is 1.60 bits per heavy atom. The molecule has 2 aromatic carbocycles. The fraction of sp³-hybridized carbons (Fsp3) is 0.118. The van der Waals surface area contributed by atoms with E-state index in [0.717, 1.165) is 22.2 Å². The second-order valence-corrected chi connectivity index (χ2v) is 4.81. The van der Waals surface area contributed by atoms with Crippen LogP contribution in [0.2, 0.25) is 0 Å². The zero-order valence-electron chi connectivity index (χ0n) is 11.4. The average molecular weight is 262 g/mol. The highest BCUT2D eigenvalue weighted by Gasteiger charge is 2.16. The fourth-order valence-corrected chi connectivity index (χ4v) is 2.32. The summed E-state index contributed by atoms with van der Waals surface area (Å²) in [4.78, 5) is 21.3. The van der Waals surface area contributed by atoms with Crippen LogP contribution in [0.3, 0.4) is 0 Å². The molecule has 0 atom stereocenters. The lowest BCUT2D eigenvalue weighted by atomic mass is 9.95. The van der Waals surface area contributed by atoms with E-state index in [2.05, 4.69) is 9.97 Å². The average Bonchev–Trinajstić information content (AvgIpc) is 2.49. The maximum Gasteiger partial charge on any atom is 0.195 e. The van der Waals surface area contributed by atoms with Crippen LogP contribution in [0, 0.1) is 13.8 Å². The second-order valence-electron chi connectivity index (χ2n) is 4.81. The van der Waals surface area contributed by atoms with Gasteiger partial charge in [0.1, 0.15) is 0 Å². The molecule has 0 amide bonds. The molecule has 0 fully saturated rings. The van der Waals surface area contributed by atoms with Gasteiger partial charge in [0.15, 0.2) is 5.78 Å². The third kappa shape index (κ3) is 1.97. The van der Waals surface area contributed by atoms with Crippen molar-refractivity contribution in [1.82, 2.24) is 9.97 Å². The molecule has 3 rings (SSSR count). The molecule has 0 bridgehead atoms. The van der Waals surface area contributed by atoms with E-state index < -0.39 is 0 Å². The fourth-order valence-electron chi connectivity index (χ4n) is 2.32. The number of nitrogens with zero attached hydrogens (tertiary/aromatic N) is 2. The van der Waals surface area contributed by atoms with Gasteiger partial charge in [-0.15, -0.1) is 0 Å². The zero-order valence-corrected chi connectivity index (χ0v) is 11.4. The lowest BCUT2D eigenvalue weighted by Gasteiger charge is -2.09. The van der Waals surface area contributed by atoms with E-state index in [4.69, 9.17) is 0 Å². The number of aromatic nitrogens is 2. The van der Waals surface area contributed by atoms with Gasteiger partial charge in [0.25, 0.3) is 0 Å². The van der Waals surface area contributed by atoms with Crippen molar-refractivity contribution in [1.29, 1.82) is 0 Å². The highest BCUT2D eigenvalue weighted by molar-refractivity contribution is 6.15. The summed E-state index contributed by atoms with van der Waals surface area (Å²) in [6.07, 6.45) is 3.25. The third-order valence-electron chi connectivity index (χ3n) is 3.59. The van der Waals surface area contributed by atoms with Crippen LogP contribution in [0.4, 0.5) is 0 Å². The molecule has 3 aromatic rings. The summed E-state index contributed by atoms with van der Waals surface area (Å²) in [7, 11) is 0. The van der Waals surface area contributed by atoms with E-state index in [-0.39, 0.29) is 5.78 Å². The quantitative estimate of drug-likeness (QED) is 0.664. The highest BCUT2D eigenvalue weighted by Crippen LogP contribution is 2.21. The summed E-state index contributed by atoms with van der Waals surface area (Å²) < 4.78 is 0. The number of carbonyl (C=O) groups excluding carboxylic acids is 1. The van der Waals surface area contributed by atoms with Crippen LogP contribution in [0.25, 0.3) is 11.0 Å². The first-order valence-corrected chi connectivity index (χ1v) is 6.49. The Kier molecular flexibility index (Phi) is 3.03. The number of hydrogen-bond donors (Lipinski definition) is 0. The largest absolute Gasteiger partial charge is 0.289 e. The van der Waals surface area contributed by atoms with Gasteiger partial charge in [-0.25, -0.2) is 0 Å². The van der Waals surface area contributed by atoms with Crippen molar-refractivity contribution in [2.24, 2.45) is 0 Å². The van der Waals surface area contributed by atoms with Crippen LogP contribution in [0.5, 0.6) is 0 Å². The van der Waals surface area contributed by atoms with Gasteiger partial charge >= 0.3 is 0 Å². The monoisotopic (exact) mass is 262 g/mol. The van der Waals surface area contributed by atoms with E-state index in [1.165, 1.54) is 0 Å². The number of ketones is 1. The standard InChI is InChI=1S/C17H14N2O/c1-11-5-3-6-13(12(11)2)17(20)14-7-4-8-15-16(14)19-10-9-18-15/h3-10H,1-2H3. The smallest absolute Gasteiger partial charge is 0.195 e. The minimum Gasteiger partial charge on any atom is -0.289 e. The SMILES string of the molecule is Cc1cccc(C(=O)c2cccc3nccnc23)c1C. The number of para-hydroxylation sites is 1. The molecule has 0 saturated carbocycles. The molecule has 0 aliphatic carbocycles. The van der Waals surface area contributed by atoms with Gasteiger partial charge in [-0.2, -0.15) is 0 Å². The van der Waals surface area contributed by atoms with Gasteiger partial charge in [0, 0.05) is 18.0 Å². The Morgan fingerprint density at radius 3 is 2.45 bits per heavy atom. The van der Waals surface area contributed by atoms with Crippen molar-refractivity contribution in [3.8, 4) is 0 Å². The molecule has 0 radical (unpaired) electrons. The first-order valence-electron chi connectivity index (χ1n) is 6.49. The Balaban J connectivity index is 2.21. The lowest BCUT2D eigenvalue weighted by Crippen LogP contribution is -2.06. The number of rotatable bonds is 2. The Hall–Kier alpha value is -2.55. The molecule has 1 aromatic heterocycles. The minimum atomic E-state index is -0.00250. The zero-order chi connectivity index (χ0) is 14.1. The number of aryl methyl sites for hydroxylation is 1. The normalized spacial score (nSPS) is 10.7. The summed E-state index contributed by atoms with van der Waals surface area (Å²) in [5, 5.41) is 0. The summed E-state index contributed by atoms with van der Waals surface area (Å²) >= 11 is 0.